The molecule has 37 heavy (non-hydrogen) atoms. The van der Waals surface area contributed by atoms with E-state index >= 15 is 0 Å². The van der Waals surface area contributed by atoms with Gasteiger partial charge in [0.15, 0.2) is 0 Å². The van der Waals surface area contributed by atoms with Crippen molar-refractivity contribution >= 4 is 17.7 Å². The van der Waals surface area contributed by atoms with Gasteiger partial charge in [-0.15, -0.1) is 0 Å². The number of carbonyl (C=O) groups excluding carboxylic acids is 1. The molecule has 1 amide bonds. The summed E-state index contributed by atoms with van der Waals surface area (Å²) in [5.74, 6) is 1.59. The Bertz CT molecular complexity index is 1200. The van der Waals surface area contributed by atoms with Crippen molar-refractivity contribution in [3.05, 3.63) is 82.9 Å². The Morgan fingerprint density at radius 2 is 1.54 bits per heavy atom. The fourth-order valence-corrected chi connectivity index (χ4v) is 4.30. The van der Waals surface area contributed by atoms with Crippen LogP contribution in [0, 0.1) is 0 Å². The van der Waals surface area contributed by atoms with Crippen LogP contribution in [0.15, 0.2) is 60.8 Å². The predicted molar refractivity (Wildman–Crippen MR) is 143 cm³/mol. The minimum Gasteiger partial charge on any atom is -0.490 e. The third kappa shape index (κ3) is 7.35. The number of carbonyl (C=O) groups is 1. The quantitative estimate of drug-likeness (QED) is 0.341. The molecule has 0 atom stereocenters. The van der Waals surface area contributed by atoms with Crippen molar-refractivity contribution in [1.82, 2.24) is 15.3 Å². The van der Waals surface area contributed by atoms with Crippen LogP contribution in [0.25, 0.3) is 0 Å². The van der Waals surface area contributed by atoms with Gasteiger partial charge in [-0.3, -0.25) is 0 Å². The van der Waals surface area contributed by atoms with Gasteiger partial charge in [0.25, 0.3) is 0 Å². The smallest absolute Gasteiger partial charge is 0.407 e. The van der Waals surface area contributed by atoms with Crippen molar-refractivity contribution in [2.24, 2.45) is 0 Å². The number of alkyl carbamates (subject to hydrolysis) is 1. The predicted octanol–water partition coefficient (Wildman–Crippen LogP) is 6.47. The topological polar surface area (TPSA) is 82.6 Å². The number of nitrogens with one attached hydrogen (secondary N) is 1. The van der Waals surface area contributed by atoms with E-state index in [0.29, 0.717) is 6.61 Å². The van der Waals surface area contributed by atoms with Gasteiger partial charge in [0.2, 0.25) is 5.28 Å². The first-order valence-electron chi connectivity index (χ1n) is 12.5. The number of rotatable bonds is 8. The van der Waals surface area contributed by atoms with Crippen LogP contribution in [0.5, 0.6) is 11.5 Å². The van der Waals surface area contributed by atoms with E-state index in [1.807, 2.05) is 45.0 Å². The molecular formula is C29H34ClN3O4. The molecule has 3 aromatic rings. The molecule has 1 fully saturated rings. The molecule has 2 aromatic carbocycles. The number of ether oxygens (including phenoxy) is 3. The van der Waals surface area contributed by atoms with E-state index in [1.165, 1.54) is 11.1 Å². The normalized spacial score (nSPS) is 17.5. The average Bonchev–Trinajstić information content (AvgIpc) is 2.81. The highest BCUT2D eigenvalue weighted by Gasteiger charge is 2.33. The molecular weight excluding hydrogens is 490 g/mol. The second kappa shape index (κ2) is 11.0. The summed E-state index contributed by atoms with van der Waals surface area (Å²) in [5.41, 5.74) is 2.39. The molecule has 1 heterocycles. The standard InChI is InChI=1S/C29H34ClN3O4/c1-28(2,3)37-27(34)33-22-16-25(17-22)36-24-12-8-20(9-13-24)29(4,5)19-6-10-23(11-7-19)35-18-21-14-15-31-26(30)32-21/h6-15,22,25H,16-18H2,1-5H3,(H,33,34). The molecule has 0 spiro atoms. The second-order valence-corrected chi connectivity index (χ2v) is 11.2. The fourth-order valence-electron chi connectivity index (χ4n) is 4.14. The molecule has 1 aliphatic rings. The fraction of sp³-hybridized carbons (Fsp3) is 0.414. The van der Waals surface area contributed by atoms with Crippen LogP contribution < -0.4 is 14.8 Å². The Hall–Kier alpha value is -3.32. The van der Waals surface area contributed by atoms with Gasteiger partial charge in [0.1, 0.15) is 29.8 Å². The zero-order valence-corrected chi connectivity index (χ0v) is 22.7. The Kier molecular flexibility index (Phi) is 7.93. The number of hydrogen-bond acceptors (Lipinski definition) is 6. The summed E-state index contributed by atoms with van der Waals surface area (Å²) in [6.45, 7) is 10.3. The summed E-state index contributed by atoms with van der Waals surface area (Å²) >= 11 is 5.84. The molecule has 0 unspecified atom stereocenters. The van der Waals surface area contributed by atoms with E-state index in [9.17, 15) is 4.79 Å². The van der Waals surface area contributed by atoms with Crippen molar-refractivity contribution in [3.8, 4) is 11.5 Å². The van der Waals surface area contributed by atoms with E-state index in [-0.39, 0.29) is 28.9 Å². The van der Waals surface area contributed by atoms with Gasteiger partial charge in [0, 0.05) is 30.5 Å². The molecule has 0 bridgehead atoms. The summed E-state index contributed by atoms with van der Waals surface area (Å²) in [6, 6.07) is 18.2. The minimum absolute atomic E-state index is 0.0868. The first-order valence-corrected chi connectivity index (χ1v) is 12.8. The van der Waals surface area contributed by atoms with E-state index < -0.39 is 5.60 Å². The molecule has 1 aromatic heterocycles. The maximum absolute atomic E-state index is 11.9. The number of hydrogen-bond donors (Lipinski definition) is 1. The van der Waals surface area contributed by atoms with Crippen molar-refractivity contribution < 1.29 is 19.0 Å². The first-order chi connectivity index (χ1) is 17.5. The van der Waals surface area contributed by atoms with Gasteiger partial charge in [-0.05, 0) is 73.8 Å². The van der Waals surface area contributed by atoms with Crippen LogP contribution >= 0.6 is 11.6 Å². The molecule has 0 radical (unpaired) electrons. The lowest BCUT2D eigenvalue weighted by Gasteiger charge is -2.36. The molecule has 7 nitrogen and oxygen atoms in total. The number of nitrogens with zero attached hydrogens (tertiary/aromatic N) is 2. The van der Waals surface area contributed by atoms with Gasteiger partial charge in [-0.25, -0.2) is 14.8 Å². The molecule has 4 rings (SSSR count). The summed E-state index contributed by atoms with van der Waals surface area (Å²) < 4.78 is 17.3. The molecule has 0 saturated heterocycles. The minimum atomic E-state index is -0.498. The molecule has 196 valence electrons. The summed E-state index contributed by atoms with van der Waals surface area (Å²) in [5, 5.41) is 3.11. The Morgan fingerprint density at radius 3 is 2.11 bits per heavy atom. The first kappa shape index (κ1) is 26.7. The van der Waals surface area contributed by atoms with Gasteiger partial charge < -0.3 is 19.5 Å². The van der Waals surface area contributed by atoms with Gasteiger partial charge in [-0.2, -0.15) is 0 Å². The van der Waals surface area contributed by atoms with Crippen molar-refractivity contribution in [2.75, 3.05) is 0 Å². The summed E-state index contributed by atoms with van der Waals surface area (Å²) in [4.78, 5) is 19.9. The highest BCUT2D eigenvalue weighted by molar-refractivity contribution is 6.28. The van der Waals surface area contributed by atoms with E-state index in [4.69, 9.17) is 25.8 Å². The van der Waals surface area contributed by atoms with E-state index in [2.05, 4.69) is 53.4 Å². The second-order valence-electron chi connectivity index (χ2n) is 10.8. The van der Waals surface area contributed by atoms with E-state index in [1.54, 1.807) is 12.3 Å². The highest BCUT2D eigenvalue weighted by Crippen LogP contribution is 2.34. The highest BCUT2D eigenvalue weighted by atomic mass is 35.5. The maximum atomic E-state index is 11.9. The summed E-state index contributed by atoms with van der Waals surface area (Å²) in [6.07, 6.45) is 2.86. The lowest BCUT2D eigenvalue weighted by molar-refractivity contribution is 0.0363. The van der Waals surface area contributed by atoms with Crippen LogP contribution in [-0.2, 0) is 16.8 Å². The number of halogens is 1. The van der Waals surface area contributed by atoms with Crippen molar-refractivity contribution in [1.29, 1.82) is 0 Å². The van der Waals surface area contributed by atoms with Crippen LogP contribution in [0.4, 0.5) is 4.79 Å². The van der Waals surface area contributed by atoms with Gasteiger partial charge in [-0.1, -0.05) is 38.1 Å². The Labute approximate surface area is 223 Å². The number of benzene rings is 2. The third-order valence-electron chi connectivity index (χ3n) is 6.34. The van der Waals surface area contributed by atoms with Crippen LogP contribution in [-0.4, -0.2) is 33.8 Å². The third-order valence-corrected chi connectivity index (χ3v) is 6.52. The van der Waals surface area contributed by atoms with Crippen molar-refractivity contribution in [3.63, 3.8) is 0 Å². The maximum Gasteiger partial charge on any atom is 0.407 e. The molecule has 1 N–H and O–H groups in total. The van der Waals surface area contributed by atoms with Gasteiger partial charge in [0.05, 0.1) is 5.69 Å². The van der Waals surface area contributed by atoms with Crippen LogP contribution in [0.2, 0.25) is 5.28 Å². The zero-order valence-electron chi connectivity index (χ0n) is 22.0. The molecule has 1 saturated carbocycles. The Morgan fingerprint density at radius 1 is 0.946 bits per heavy atom. The van der Waals surface area contributed by atoms with Crippen LogP contribution in [0.1, 0.15) is 64.3 Å². The summed E-state index contributed by atoms with van der Waals surface area (Å²) in [7, 11) is 0. The average molecular weight is 524 g/mol. The lowest BCUT2D eigenvalue weighted by Crippen LogP contribution is -2.50. The SMILES string of the molecule is CC(C)(C)OC(=O)NC1CC(Oc2ccc(C(C)(C)c3ccc(OCc4ccnc(Cl)n4)cc3)cc2)C1. The molecule has 1 aliphatic carbocycles. The number of amides is 1. The van der Waals surface area contributed by atoms with E-state index in [0.717, 1.165) is 30.0 Å². The van der Waals surface area contributed by atoms with Gasteiger partial charge >= 0.3 is 6.09 Å². The zero-order chi connectivity index (χ0) is 26.6. The van der Waals surface area contributed by atoms with Crippen molar-refractivity contribution in [2.45, 2.75) is 77.2 Å². The Balaban J connectivity index is 1.28. The monoisotopic (exact) mass is 523 g/mol. The van der Waals surface area contributed by atoms with Crippen LogP contribution in [0.3, 0.4) is 0 Å². The largest absolute Gasteiger partial charge is 0.490 e. The lowest BCUT2D eigenvalue weighted by atomic mass is 9.78. The molecule has 8 heteroatoms. The molecule has 0 aliphatic heterocycles. The number of aromatic nitrogens is 2.